The van der Waals surface area contributed by atoms with Crippen LogP contribution in [0.15, 0.2) is 30.3 Å². The molecule has 0 unspecified atom stereocenters. The van der Waals surface area contributed by atoms with Gasteiger partial charge in [0.2, 0.25) is 11.8 Å². The van der Waals surface area contributed by atoms with E-state index in [1.165, 1.54) is 17.3 Å². The lowest BCUT2D eigenvalue weighted by Crippen LogP contribution is -2.55. The molecule has 1 aliphatic carbocycles. The third-order valence-electron chi connectivity index (χ3n) is 6.21. The van der Waals surface area contributed by atoms with Gasteiger partial charge >= 0.3 is 0 Å². The van der Waals surface area contributed by atoms with Gasteiger partial charge in [-0.25, -0.2) is 0 Å². The number of benzene rings is 1. The molecule has 6 nitrogen and oxygen atoms in total. The summed E-state index contributed by atoms with van der Waals surface area (Å²) in [5.74, 6) is 0.727. The SMILES string of the molecule is CSCC(=O)N1C[C@@H]2COC[C@]2(C(=O)NC2CC(OCc3ccccc3)C2)C1. The number of hydrogen-bond donors (Lipinski definition) is 1. The van der Waals surface area contributed by atoms with Gasteiger partial charge in [0.05, 0.1) is 37.1 Å². The van der Waals surface area contributed by atoms with Gasteiger partial charge in [-0.15, -0.1) is 0 Å². The standard InChI is InChI=1S/C21H28N2O4S/c1-28-12-19(24)23-9-16-11-26-14-21(16,13-23)20(25)22-17-7-18(8-17)27-10-15-5-3-2-4-6-15/h2-6,16-18H,7-14H2,1H3,(H,22,25)/t16-,17?,18?,21-/m1/s1. The normalized spacial score (nSPS) is 31.3. The first-order valence-corrected chi connectivity index (χ1v) is 11.3. The van der Waals surface area contributed by atoms with Crippen LogP contribution < -0.4 is 5.32 Å². The molecule has 1 saturated carbocycles. The van der Waals surface area contributed by atoms with Crippen LogP contribution in [0.5, 0.6) is 0 Å². The maximum absolute atomic E-state index is 13.1. The number of ether oxygens (including phenoxy) is 2. The van der Waals surface area contributed by atoms with Gasteiger partial charge in [-0.1, -0.05) is 30.3 Å². The number of carbonyl (C=O) groups is 2. The minimum absolute atomic E-state index is 0.0426. The molecule has 0 radical (unpaired) electrons. The quantitative estimate of drug-likeness (QED) is 0.749. The van der Waals surface area contributed by atoms with E-state index in [0.29, 0.717) is 38.7 Å². The van der Waals surface area contributed by atoms with Crippen LogP contribution in [0.2, 0.25) is 0 Å². The van der Waals surface area contributed by atoms with Crippen molar-refractivity contribution in [1.82, 2.24) is 10.2 Å². The third kappa shape index (κ3) is 3.93. The number of nitrogens with one attached hydrogen (secondary N) is 1. The van der Waals surface area contributed by atoms with Crippen LogP contribution in [0.25, 0.3) is 0 Å². The molecule has 0 bridgehead atoms. The number of carbonyl (C=O) groups excluding carboxylic acids is 2. The Morgan fingerprint density at radius 1 is 1.32 bits per heavy atom. The van der Waals surface area contributed by atoms with Crippen molar-refractivity contribution < 1.29 is 19.1 Å². The number of thioether (sulfide) groups is 1. The number of hydrogen-bond acceptors (Lipinski definition) is 5. The number of fused-ring (bicyclic) bond motifs is 1. The molecule has 0 spiro atoms. The van der Waals surface area contributed by atoms with E-state index in [1.807, 2.05) is 29.4 Å². The Bertz CT molecular complexity index is 710. The second kappa shape index (κ2) is 8.43. The fourth-order valence-corrected chi connectivity index (χ4v) is 4.83. The van der Waals surface area contributed by atoms with Crippen LogP contribution in [0.3, 0.4) is 0 Å². The van der Waals surface area contributed by atoms with Gasteiger partial charge in [-0.2, -0.15) is 11.8 Å². The van der Waals surface area contributed by atoms with E-state index in [9.17, 15) is 9.59 Å². The highest BCUT2D eigenvalue weighted by Crippen LogP contribution is 2.42. The average Bonchev–Trinajstić information content (AvgIpc) is 3.23. The average molecular weight is 405 g/mol. The zero-order chi connectivity index (χ0) is 19.6. The summed E-state index contributed by atoms with van der Waals surface area (Å²) in [6.45, 7) is 2.68. The molecule has 2 heterocycles. The lowest BCUT2D eigenvalue weighted by atomic mass is 9.79. The maximum atomic E-state index is 13.1. The topological polar surface area (TPSA) is 67.9 Å². The Hall–Kier alpha value is -1.57. The molecule has 0 aromatic heterocycles. The highest BCUT2D eigenvalue weighted by atomic mass is 32.2. The highest BCUT2D eigenvalue weighted by molar-refractivity contribution is 7.99. The molecule has 3 fully saturated rings. The predicted octanol–water partition coefficient (Wildman–Crippen LogP) is 1.69. The molecule has 4 rings (SSSR count). The second-order valence-corrected chi connectivity index (χ2v) is 9.00. The Morgan fingerprint density at radius 2 is 2.11 bits per heavy atom. The minimum atomic E-state index is -0.579. The smallest absolute Gasteiger partial charge is 0.232 e. The molecule has 2 saturated heterocycles. The van der Waals surface area contributed by atoms with Gasteiger partial charge in [-0.05, 0) is 24.7 Å². The summed E-state index contributed by atoms with van der Waals surface area (Å²) >= 11 is 1.52. The fraction of sp³-hybridized carbons (Fsp3) is 0.619. The molecule has 7 heteroatoms. The van der Waals surface area contributed by atoms with E-state index in [2.05, 4.69) is 17.4 Å². The van der Waals surface area contributed by atoms with Crippen molar-refractivity contribution in [3.63, 3.8) is 0 Å². The van der Waals surface area contributed by atoms with Crippen molar-refractivity contribution in [2.45, 2.75) is 31.6 Å². The summed E-state index contributed by atoms with van der Waals surface area (Å²) in [7, 11) is 0. The largest absolute Gasteiger partial charge is 0.380 e. The molecule has 1 aromatic rings. The van der Waals surface area contributed by atoms with Crippen LogP contribution in [-0.2, 0) is 25.7 Å². The van der Waals surface area contributed by atoms with Crippen LogP contribution in [-0.4, -0.2) is 67.2 Å². The summed E-state index contributed by atoms with van der Waals surface area (Å²) < 4.78 is 11.6. The van der Waals surface area contributed by atoms with Crippen molar-refractivity contribution in [3.05, 3.63) is 35.9 Å². The van der Waals surface area contributed by atoms with Crippen LogP contribution >= 0.6 is 11.8 Å². The Labute approximate surface area is 170 Å². The summed E-state index contributed by atoms with van der Waals surface area (Å²) in [6.07, 6.45) is 3.81. The van der Waals surface area contributed by atoms with Crippen molar-refractivity contribution in [3.8, 4) is 0 Å². The van der Waals surface area contributed by atoms with Crippen LogP contribution in [0.4, 0.5) is 0 Å². The summed E-state index contributed by atoms with van der Waals surface area (Å²) in [5, 5.41) is 3.20. The predicted molar refractivity (Wildman–Crippen MR) is 108 cm³/mol. The Kier molecular flexibility index (Phi) is 5.94. The molecular weight excluding hydrogens is 376 g/mol. The highest BCUT2D eigenvalue weighted by Gasteiger charge is 2.57. The van der Waals surface area contributed by atoms with E-state index in [4.69, 9.17) is 9.47 Å². The monoisotopic (exact) mass is 404 g/mol. The molecule has 1 aromatic carbocycles. The minimum Gasteiger partial charge on any atom is -0.380 e. The van der Waals surface area contributed by atoms with Gasteiger partial charge < -0.3 is 19.7 Å². The summed E-state index contributed by atoms with van der Waals surface area (Å²) in [6, 6.07) is 10.3. The van der Waals surface area contributed by atoms with Crippen LogP contribution in [0.1, 0.15) is 18.4 Å². The number of amides is 2. The second-order valence-electron chi connectivity index (χ2n) is 8.14. The van der Waals surface area contributed by atoms with Crippen molar-refractivity contribution >= 4 is 23.6 Å². The van der Waals surface area contributed by atoms with E-state index in [1.54, 1.807) is 0 Å². The maximum Gasteiger partial charge on any atom is 0.232 e. The summed E-state index contributed by atoms with van der Waals surface area (Å²) in [5.41, 5.74) is 0.588. The third-order valence-corrected chi connectivity index (χ3v) is 6.74. The molecule has 2 atom stereocenters. The molecule has 28 heavy (non-hydrogen) atoms. The zero-order valence-corrected chi connectivity index (χ0v) is 17.1. The summed E-state index contributed by atoms with van der Waals surface area (Å²) in [4.78, 5) is 27.2. The van der Waals surface area contributed by atoms with E-state index in [0.717, 1.165) is 12.8 Å². The lowest BCUT2D eigenvalue weighted by Gasteiger charge is -2.38. The lowest BCUT2D eigenvalue weighted by molar-refractivity contribution is -0.135. The van der Waals surface area contributed by atoms with Crippen LogP contribution in [0, 0.1) is 11.3 Å². The Balaban J connectivity index is 1.26. The first-order valence-electron chi connectivity index (χ1n) is 9.91. The molecule has 3 aliphatic rings. The fourth-order valence-electron chi connectivity index (χ4n) is 4.40. The van der Waals surface area contributed by atoms with E-state index >= 15 is 0 Å². The zero-order valence-electron chi connectivity index (χ0n) is 16.3. The molecule has 152 valence electrons. The molecule has 2 amide bonds. The molecular formula is C21H28N2O4S. The van der Waals surface area contributed by atoms with Gasteiger partial charge in [0, 0.05) is 25.0 Å². The number of rotatable bonds is 7. The molecule has 1 N–H and O–H groups in total. The van der Waals surface area contributed by atoms with Gasteiger partial charge in [0.25, 0.3) is 0 Å². The van der Waals surface area contributed by atoms with Gasteiger partial charge in [-0.3, -0.25) is 9.59 Å². The first kappa shape index (κ1) is 19.7. The Morgan fingerprint density at radius 3 is 2.86 bits per heavy atom. The van der Waals surface area contributed by atoms with Crippen molar-refractivity contribution in [2.24, 2.45) is 11.3 Å². The van der Waals surface area contributed by atoms with Gasteiger partial charge in [0.1, 0.15) is 0 Å². The number of likely N-dealkylation sites (tertiary alicyclic amines) is 1. The number of nitrogens with zero attached hydrogens (tertiary/aromatic N) is 1. The van der Waals surface area contributed by atoms with E-state index in [-0.39, 0.29) is 29.9 Å². The van der Waals surface area contributed by atoms with Crippen molar-refractivity contribution in [2.75, 3.05) is 38.3 Å². The van der Waals surface area contributed by atoms with Crippen molar-refractivity contribution in [1.29, 1.82) is 0 Å². The first-order chi connectivity index (χ1) is 13.6. The molecule has 2 aliphatic heterocycles. The van der Waals surface area contributed by atoms with E-state index < -0.39 is 5.41 Å². The van der Waals surface area contributed by atoms with Gasteiger partial charge in [0.15, 0.2) is 0 Å².